The predicted molar refractivity (Wildman–Crippen MR) is 77.7 cm³/mol. The van der Waals surface area contributed by atoms with E-state index in [1.165, 1.54) is 5.56 Å². The quantitative estimate of drug-likeness (QED) is 0.792. The fourth-order valence-electron chi connectivity index (χ4n) is 2.61. The summed E-state index contributed by atoms with van der Waals surface area (Å²) in [6.07, 6.45) is 0.965. The molecule has 1 aromatic carbocycles. The topological polar surface area (TPSA) is 42.2 Å². The van der Waals surface area contributed by atoms with Gasteiger partial charge >= 0.3 is 0 Å². The molecule has 1 aliphatic rings. The molecule has 0 radical (unpaired) electrons. The van der Waals surface area contributed by atoms with Crippen molar-refractivity contribution < 1.29 is 0 Å². The standard InChI is InChI=1S/C14H15N3S/c1-17-7-6-12-10(8-17)13(14(15)18)9-4-2-3-5-11(9)16-12/h2-5H,6-8H2,1H3,(H2,15,18). The first-order valence-corrected chi connectivity index (χ1v) is 6.46. The summed E-state index contributed by atoms with van der Waals surface area (Å²) in [4.78, 5) is 7.50. The van der Waals surface area contributed by atoms with Gasteiger partial charge in [-0.15, -0.1) is 0 Å². The molecule has 0 saturated carbocycles. The summed E-state index contributed by atoms with van der Waals surface area (Å²) in [6, 6.07) is 8.08. The minimum atomic E-state index is 0.472. The fourth-order valence-corrected chi connectivity index (χ4v) is 2.84. The zero-order valence-electron chi connectivity index (χ0n) is 10.3. The Morgan fingerprint density at radius 1 is 1.39 bits per heavy atom. The Morgan fingerprint density at radius 2 is 2.17 bits per heavy atom. The fraction of sp³-hybridized carbons (Fsp3) is 0.286. The van der Waals surface area contributed by atoms with E-state index in [4.69, 9.17) is 22.9 Å². The van der Waals surface area contributed by atoms with E-state index in [9.17, 15) is 0 Å². The van der Waals surface area contributed by atoms with E-state index in [1.807, 2.05) is 24.3 Å². The van der Waals surface area contributed by atoms with Crippen LogP contribution in [0.1, 0.15) is 16.8 Å². The number of thiocarbonyl (C=S) groups is 1. The number of fused-ring (bicyclic) bond motifs is 2. The molecule has 0 aliphatic carbocycles. The normalized spacial score (nSPS) is 15.6. The first kappa shape index (κ1) is 11.6. The SMILES string of the molecule is CN1CCc2nc3ccccc3c(C(N)=S)c2C1. The van der Waals surface area contributed by atoms with Crippen molar-refractivity contribution >= 4 is 28.1 Å². The Bertz CT molecular complexity index is 636. The van der Waals surface area contributed by atoms with Gasteiger partial charge in [-0.1, -0.05) is 30.4 Å². The van der Waals surface area contributed by atoms with Crippen LogP contribution in [0.25, 0.3) is 10.9 Å². The summed E-state index contributed by atoms with van der Waals surface area (Å²) in [5, 5.41) is 1.07. The van der Waals surface area contributed by atoms with Crippen molar-refractivity contribution in [2.45, 2.75) is 13.0 Å². The number of para-hydroxylation sites is 1. The first-order chi connectivity index (χ1) is 8.66. The van der Waals surface area contributed by atoms with E-state index in [1.54, 1.807) is 0 Å². The second-order valence-electron chi connectivity index (χ2n) is 4.78. The molecule has 1 aliphatic heterocycles. The van der Waals surface area contributed by atoms with Crippen LogP contribution in [0.5, 0.6) is 0 Å². The third kappa shape index (κ3) is 1.78. The van der Waals surface area contributed by atoms with Crippen LogP contribution in [-0.4, -0.2) is 28.5 Å². The molecular formula is C14H15N3S. The predicted octanol–water partition coefficient (Wildman–Crippen LogP) is 1.86. The second-order valence-corrected chi connectivity index (χ2v) is 5.22. The molecule has 0 atom stereocenters. The molecule has 3 nitrogen and oxygen atoms in total. The van der Waals surface area contributed by atoms with Gasteiger partial charge in [-0.3, -0.25) is 4.98 Å². The van der Waals surface area contributed by atoms with Crippen LogP contribution in [-0.2, 0) is 13.0 Å². The highest BCUT2D eigenvalue weighted by atomic mass is 32.1. The first-order valence-electron chi connectivity index (χ1n) is 6.05. The minimum absolute atomic E-state index is 0.472. The van der Waals surface area contributed by atoms with Crippen LogP contribution in [0.3, 0.4) is 0 Å². The lowest BCUT2D eigenvalue weighted by molar-refractivity contribution is 0.310. The zero-order valence-corrected chi connectivity index (χ0v) is 11.1. The lowest BCUT2D eigenvalue weighted by Gasteiger charge is -2.27. The summed E-state index contributed by atoms with van der Waals surface area (Å²) in [5.41, 5.74) is 10.3. The Balaban J connectivity index is 2.36. The summed E-state index contributed by atoms with van der Waals surface area (Å²) >= 11 is 5.25. The van der Waals surface area contributed by atoms with Crippen molar-refractivity contribution in [3.05, 3.63) is 41.1 Å². The Hall–Kier alpha value is -1.52. The average molecular weight is 257 g/mol. The van der Waals surface area contributed by atoms with E-state index < -0.39 is 0 Å². The molecule has 18 heavy (non-hydrogen) atoms. The largest absolute Gasteiger partial charge is 0.389 e. The van der Waals surface area contributed by atoms with Crippen LogP contribution in [0.4, 0.5) is 0 Å². The second kappa shape index (κ2) is 4.30. The van der Waals surface area contributed by atoms with E-state index in [2.05, 4.69) is 11.9 Å². The number of rotatable bonds is 1. The molecule has 0 amide bonds. The van der Waals surface area contributed by atoms with Crippen LogP contribution >= 0.6 is 12.2 Å². The summed E-state index contributed by atoms with van der Waals surface area (Å²) in [5.74, 6) is 0. The molecule has 0 unspecified atom stereocenters. The summed E-state index contributed by atoms with van der Waals surface area (Å²) < 4.78 is 0. The van der Waals surface area contributed by atoms with E-state index in [0.717, 1.165) is 41.7 Å². The molecule has 0 bridgehead atoms. The molecule has 3 rings (SSSR count). The highest BCUT2D eigenvalue weighted by Crippen LogP contribution is 2.27. The van der Waals surface area contributed by atoms with Crippen molar-refractivity contribution in [1.82, 2.24) is 9.88 Å². The molecule has 2 aromatic rings. The number of hydrogen-bond acceptors (Lipinski definition) is 3. The van der Waals surface area contributed by atoms with Gasteiger partial charge in [0.1, 0.15) is 4.99 Å². The van der Waals surface area contributed by atoms with E-state index >= 15 is 0 Å². The van der Waals surface area contributed by atoms with Crippen molar-refractivity contribution in [3.63, 3.8) is 0 Å². The molecule has 1 aromatic heterocycles. The van der Waals surface area contributed by atoms with Crippen LogP contribution in [0.15, 0.2) is 24.3 Å². The van der Waals surface area contributed by atoms with Crippen LogP contribution < -0.4 is 5.73 Å². The van der Waals surface area contributed by atoms with Gasteiger partial charge in [-0.2, -0.15) is 0 Å². The van der Waals surface area contributed by atoms with Gasteiger partial charge in [0.05, 0.1) is 5.52 Å². The van der Waals surface area contributed by atoms with Crippen molar-refractivity contribution in [1.29, 1.82) is 0 Å². The van der Waals surface area contributed by atoms with Gasteiger partial charge in [-0.05, 0) is 18.7 Å². The molecule has 2 heterocycles. The monoisotopic (exact) mass is 257 g/mol. The van der Waals surface area contributed by atoms with Gasteiger partial charge in [0.15, 0.2) is 0 Å². The maximum atomic E-state index is 5.93. The highest BCUT2D eigenvalue weighted by molar-refractivity contribution is 7.80. The van der Waals surface area contributed by atoms with E-state index in [0.29, 0.717) is 4.99 Å². The lowest BCUT2D eigenvalue weighted by atomic mass is 9.96. The molecular weight excluding hydrogens is 242 g/mol. The van der Waals surface area contributed by atoms with Gasteiger partial charge < -0.3 is 10.6 Å². The van der Waals surface area contributed by atoms with Gasteiger partial charge in [-0.25, -0.2) is 0 Å². The molecule has 2 N–H and O–H groups in total. The summed E-state index contributed by atoms with van der Waals surface area (Å²) in [6.45, 7) is 1.91. The number of nitrogens with two attached hydrogens (primary N) is 1. The summed E-state index contributed by atoms with van der Waals surface area (Å²) in [7, 11) is 2.11. The number of likely N-dealkylation sites (N-methyl/N-ethyl adjacent to an activating group) is 1. The number of benzene rings is 1. The zero-order chi connectivity index (χ0) is 12.7. The lowest BCUT2D eigenvalue weighted by Crippen LogP contribution is -2.30. The Kier molecular flexibility index (Phi) is 2.76. The third-order valence-electron chi connectivity index (χ3n) is 3.48. The maximum Gasteiger partial charge on any atom is 0.105 e. The molecule has 0 fully saturated rings. The van der Waals surface area contributed by atoms with E-state index in [-0.39, 0.29) is 0 Å². The Morgan fingerprint density at radius 3 is 2.94 bits per heavy atom. The average Bonchev–Trinajstić information content (AvgIpc) is 2.35. The van der Waals surface area contributed by atoms with Gasteiger partial charge in [0.25, 0.3) is 0 Å². The number of nitrogens with zero attached hydrogens (tertiary/aromatic N) is 2. The number of aromatic nitrogens is 1. The van der Waals surface area contributed by atoms with Gasteiger partial charge in [0, 0.05) is 36.2 Å². The van der Waals surface area contributed by atoms with Crippen molar-refractivity contribution in [2.24, 2.45) is 5.73 Å². The van der Waals surface area contributed by atoms with Crippen molar-refractivity contribution in [2.75, 3.05) is 13.6 Å². The number of hydrogen-bond donors (Lipinski definition) is 1. The molecule has 4 heteroatoms. The molecule has 0 spiro atoms. The van der Waals surface area contributed by atoms with Crippen LogP contribution in [0, 0.1) is 0 Å². The highest BCUT2D eigenvalue weighted by Gasteiger charge is 2.21. The maximum absolute atomic E-state index is 5.93. The molecule has 0 saturated heterocycles. The Labute approximate surface area is 112 Å². The smallest absolute Gasteiger partial charge is 0.105 e. The van der Waals surface area contributed by atoms with Gasteiger partial charge in [0.2, 0.25) is 0 Å². The minimum Gasteiger partial charge on any atom is -0.389 e. The van der Waals surface area contributed by atoms with Crippen LogP contribution in [0.2, 0.25) is 0 Å². The molecule has 92 valence electrons. The number of pyridine rings is 1. The third-order valence-corrected chi connectivity index (χ3v) is 3.69. The van der Waals surface area contributed by atoms with Crippen molar-refractivity contribution in [3.8, 4) is 0 Å².